The molecule has 8 nitrogen and oxygen atoms in total. The number of aromatic nitrogens is 5. The van der Waals surface area contributed by atoms with Gasteiger partial charge in [0, 0.05) is 32.5 Å². The third-order valence-electron chi connectivity index (χ3n) is 4.95. The van der Waals surface area contributed by atoms with Crippen molar-refractivity contribution >= 4 is 11.5 Å². The lowest BCUT2D eigenvalue weighted by molar-refractivity contribution is 0.0941. The molecule has 2 aliphatic heterocycles. The van der Waals surface area contributed by atoms with Gasteiger partial charge in [-0.25, -0.2) is 19.3 Å². The Hall–Kier alpha value is -3.07. The van der Waals surface area contributed by atoms with Gasteiger partial charge < -0.3 is 14.5 Å². The zero-order valence-corrected chi connectivity index (χ0v) is 14.8. The van der Waals surface area contributed by atoms with Gasteiger partial charge in [0.15, 0.2) is 11.6 Å². The molecule has 0 bridgehead atoms. The maximum atomic E-state index is 13.2. The van der Waals surface area contributed by atoms with Crippen molar-refractivity contribution in [3.63, 3.8) is 0 Å². The van der Waals surface area contributed by atoms with E-state index in [4.69, 9.17) is 9.72 Å². The van der Waals surface area contributed by atoms with Crippen LogP contribution in [0.5, 0.6) is 0 Å². The number of halogens is 1. The molecule has 0 aliphatic carbocycles. The van der Waals surface area contributed by atoms with E-state index in [0.717, 1.165) is 24.6 Å². The largest absolute Gasteiger partial charge is 0.377 e. The Bertz CT molecular complexity index is 974. The first-order chi connectivity index (χ1) is 13.2. The Morgan fingerprint density at radius 1 is 1.19 bits per heavy atom. The van der Waals surface area contributed by atoms with Crippen LogP contribution in [0, 0.1) is 5.82 Å². The Kier molecular flexibility index (Phi) is 3.75. The first-order valence-corrected chi connectivity index (χ1v) is 8.79. The summed E-state index contributed by atoms with van der Waals surface area (Å²) in [6, 6.07) is 3.24. The van der Waals surface area contributed by atoms with Gasteiger partial charge in [0.25, 0.3) is 0 Å². The molecule has 0 radical (unpaired) electrons. The molecule has 5 heterocycles. The minimum atomic E-state index is -0.386. The number of hydrogen-bond acceptors (Lipinski definition) is 7. The van der Waals surface area contributed by atoms with Gasteiger partial charge in [-0.3, -0.25) is 4.57 Å². The highest BCUT2D eigenvalue weighted by Crippen LogP contribution is 2.34. The second-order valence-corrected chi connectivity index (χ2v) is 6.66. The number of ether oxygens (including phenoxy) is 1. The number of pyridine rings is 1. The Balaban J connectivity index is 1.58. The van der Waals surface area contributed by atoms with E-state index in [-0.39, 0.29) is 11.9 Å². The molecule has 3 aromatic heterocycles. The van der Waals surface area contributed by atoms with Crippen molar-refractivity contribution in [3.05, 3.63) is 42.7 Å². The number of hydrogen-bond donors (Lipinski definition) is 0. The third kappa shape index (κ3) is 2.71. The fraction of sp³-hybridized carbons (Fsp3) is 0.333. The van der Waals surface area contributed by atoms with E-state index in [1.165, 1.54) is 12.3 Å². The molecule has 0 amide bonds. The van der Waals surface area contributed by atoms with Gasteiger partial charge in [-0.2, -0.15) is 4.98 Å². The second-order valence-electron chi connectivity index (χ2n) is 6.66. The van der Waals surface area contributed by atoms with E-state index in [1.54, 1.807) is 23.0 Å². The van der Waals surface area contributed by atoms with Gasteiger partial charge in [-0.15, -0.1) is 0 Å². The fourth-order valence-corrected chi connectivity index (χ4v) is 3.62. The molecule has 1 atom stereocenters. The minimum absolute atomic E-state index is 0.278. The first kappa shape index (κ1) is 16.1. The monoisotopic (exact) mass is 367 g/mol. The molecule has 0 spiro atoms. The molecule has 0 saturated carbocycles. The van der Waals surface area contributed by atoms with Crippen molar-refractivity contribution in [3.8, 4) is 17.5 Å². The van der Waals surface area contributed by atoms with E-state index in [0.29, 0.717) is 30.7 Å². The van der Waals surface area contributed by atoms with Crippen LogP contribution in [0.25, 0.3) is 17.5 Å². The minimum Gasteiger partial charge on any atom is -0.377 e. The van der Waals surface area contributed by atoms with Gasteiger partial charge in [0.05, 0.1) is 37.3 Å². The Morgan fingerprint density at radius 3 is 2.96 bits per heavy atom. The SMILES string of the molecule is CN1CC2COCCN2c2nc(-n3ccnc3-c3ccc(F)cn3)ncc21. The first-order valence-electron chi connectivity index (χ1n) is 8.79. The van der Waals surface area contributed by atoms with Gasteiger partial charge in [0.1, 0.15) is 11.5 Å². The number of rotatable bonds is 2. The normalized spacial score (nSPS) is 19.0. The second kappa shape index (κ2) is 6.27. The number of anilines is 2. The third-order valence-corrected chi connectivity index (χ3v) is 4.95. The van der Waals surface area contributed by atoms with Crippen molar-refractivity contribution in [2.24, 2.45) is 0 Å². The molecule has 0 aromatic carbocycles. The molecule has 1 fully saturated rings. The van der Waals surface area contributed by atoms with Crippen LogP contribution in [0.2, 0.25) is 0 Å². The molecule has 9 heteroatoms. The van der Waals surface area contributed by atoms with Gasteiger partial charge in [-0.05, 0) is 12.1 Å². The highest BCUT2D eigenvalue weighted by Gasteiger charge is 2.33. The van der Waals surface area contributed by atoms with Crippen LogP contribution in [0.1, 0.15) is 0 Å². The highest BCUT2D eigenvalue weighted by molar-refractivity contribution is 5.70. The van der Waals surface area contributed by atoms with E-state index in [9.17, 15) is 4.39 Å². The summed E-state index contributed by atoms with van der Waals surface area (Å²) in [6.45, 7) is 3.07. The summed E-state index contributed by atoms with van der Waals surface area (Å²) in [6.07, 6.45) is 6.46. The zero-order valence-electron chi connectivity index (χ0n) is 14.8. The lowest BCUT2D eigenvalue weighted by atomic mass is 10.1. The van der Waals surface area contributed by atoms with Crippen LogP contribution in [-0.4, -0.2) is 63.9 Å². The van der Waals surface area contributed by atoms with Gasteiger partial charge in [-0.1, -0.05) is 0 Å². The number of imidazole rings is 1. The fourth-order valence-electron chi connectivity index (χ4n) is 3.62. The summed E-state index contributed by atoms with van der Waals surface area (Å²) in [5.74, 6) is 1.59. The molecule has 1 saturated heterocycles. The number of fused-ring (bicyclic) bond motifs is 3. The lowest BCUT2D eigenvalue weighted by Gasteiger charge is -2.44. The molecule has 1 unspecified atom stereocenters. The molecular weight excluding hydrogens is 349 g/mol. The number of morpholine rings is 1. The van der Waals surface area contributed by atoms with Gasteiger partial charge in [0.2, 0.25) is 5.95 Å². The molecule has 5 rings (SSSR count). The highest BCUT2D eigenvalue weighted by atomic mass is 19.1. The number of nitrogens with zero attached hydrogens (tertiary/aromatic N) is 7. The molecule has 27 heavy (non-hydrogen) atoms. The summed E-state index contributed by atoms with van der Waals surface area (Å²) in [4.78, 5) is 22.3. The van der Waals surface area contributed by atoms with Crippen molar-refractivity contribution in [2.75, 3.05) is 43.2 Å². The molecule has 2 aliphatic rings. The molecule has 3 aromatic rings. The average Bonchev–Trinajstić information content (AvgIpc) is 3.18. The van der Waals surface area contributed by atoms with Crippen molar-refractivity contribution in [1.82, 2.24) is 24.5 Å². The summed E-state index contributed by atoms with van der Waals surface area (Å²) < 4.78 is 20.6. The lowest BCUT2D eigenvalue weighted by Crippen LogP contribution is -2.54. The molecular formula is C18H18FN7O. The van der Waals surface area contributed by atoms with Crippen LogP contribution in [0.4, 0.5) is 15.9 Å². The van der Waals surface area contributed by atoms with E-state index in [2.05, 4.69) is 24.8 Å². The van der Waals surface area contributed by atoms with Crippen LogP contribution in [-0.2, 0) is 4.74 Å². The maximum absolute atomic E-state index is 13.2. The van der Waals surface area contributed by atoms with Crippen molar-refractivity contribution in [2.45, 2.75) is 6.04 Å². The Morgan fingerprint density at radius 2 is 2.11 bits per heavy atom. The topological polar surface area (TPSA) is 72.2 Å². The summed E-state index contributed by atoms with van der Waals surface area (Å²) in [5, 5.41) is 0. The summed E-state index contributed by atoms with van der Waals surface area (Å²) in [5.41, 5.74) is 1.56. The molecule has 0 N–H and O–H groups in total. The van der Waals surface area contributed by atoms with E-state index >= 15 is 0 Å². The van der Waals surface area contributed by atoms with Crippen LogP contribution in [0.15, 0.2) is 36.9 Å². The molecule has 138 valence electrons. The van der Waals surface area contributed by atoms with Crippen LogP contribution >= 0.6 is 0 Å². The van der Waals surface area contributed by atoms with Crippen LogP contribution in [0.3, 0.4) is 0 Å². The van der Waals surface area contributed by atoms with Crippen molar-refractivity contribution in [1.29, 1.82) is 0 Å². The van der Waals surface area contributed by atoms with Crippen molar-refractivity contribution < 1.29 is 9.13 Å². The Labute approximate surface area is 155 Å². The number of likely N-dealkylation sites (N-methyl/N-ethyl adjacent to an activating group) is 1. The summed E-state index contributed by atoms with van der Waals surface area (Å²) >= 11 is 0. The maximum Gasteiger partial charge on any atom is 0.237 e. The average molecular weight is 367 g/mol. The predicted molar refractivity (Wildman–Crippen MR) is 97.6 cm³/mol. The van der Waals surface area contributed by atoms with Crippen LogP contribution < -0.4 is 9.80 Å². The zero-order chi connectivity index (χ0) is 18.4. The van der Waals surface area contributed by atoms with Gasteiger partial charge >= 0.3 is 0 Å². The quantitative estimate of drug-likeness (QED) is 0.680. The van der Waals surface area contributed by atoms with E-state index < -0.39 is 0 Å². The van der Waals surface area contributed by atoms with E-state index in [1.807, 2.05) is 13.2 Å². The predicted octanol–water partition coefficient (Wildman–Crippen LogP) is 1.52. The summed E-state index contributed by atoms with van der Waals surface area (Å²) in [7, 11) is 2.04. The smallest absolute Gasteiger partial charge is 0.237 e. The standard InChI is InChI=1S/C18H18FN7O/c1-24-10-13-11-27-7-6-25(13)17-15(24)9-22-18(23-17)26-5-4-20-16(26)14-3-2-12(19)8-21-14/h2-5,8-9,13H,6-7,10-11H2,1H3.